The highest BCUT2D eigenvalue weighted by molar-refractivity contribution is 5.96. The van der Waals surface area contributed by atoms with Crippen molar-refractivity contribution in [2.24, 2.45) is 5.92 Å². The average molecular weight is 334 g/mol. The van der Waals surface area contributed by atoms with Crippen molar-refractivity contribution in [3.05, 3.63) is 23.8 Å². The molecule has 132 valence electrons. The first-order chi connectivity index (χ1) is 11.6. The van der Waals surface area contributed by atoms with Crippen LogP contribution in [0.2, 0.25) is 0 Å². The van der Waals surface area contributed by atoms with Gasteiger partial charge in [0.05, 0.1) is 13.7 Å². The molecule has 1 aromatic carbocycles. The highest BCUT2D eigenvalue weighted by atomic mass is 16.5. The second kappa shape index (κ2) is 9.15. The van der Waals surface area contributed by atoms with Crippen molar-refractivity contribution in [3.63, 3.8) is 0 Å². The van der Waals surface area contributed by atoms with Gasteiger partial charge in [-0.2, -0.15) is 0 Å². The van der Waals surface area contributed by atoms with E-state index >= 15 is 0 Å². The number of hydrazine groups is 1. The van der Waals surface area contributed by atoms with Gasteiger partial charge in [0, 0.05) is 12.0 Å². The van der Waals surface area contributed by atoms with Gasteiger partial charge in [-0.15, -0.1) is 0 Å². The fourth-order valence-corrected chi connectivity index (χ4v) is 2.87. The molecule has 1 saturated carbocycles. The number of hydrogen-bond donors (Lipinski definition) is 2. The summed E-state index contributed by atoms with van der Waals surface area (Å²) in [5.41, 5.74) is 5.34. The zero-order valence-electron chi connectivity index (χ0n) is 14.4. The first-order valence-electron chi connectivity index (χ1n) is 8.54. The van der Waals surface area contributed by atoms with Crippen molar-refractivity contribution in [1.82, 2.24) is 10.9 Å². The summed E-state index contributed by atoms with van der Waals surface area (Å²) in [7, 11) is 1.53. The summed E-state index contributed by atoms with van der Waals surface area (Å²) in [6.07, 6.45) is 5.93. The van der Waals surface area contributed by atoms with Crippen molar-refractivity contribution < 1.29 is 19.1 Å². The molecule has 0 aromatic heterocycles. The quantitative estimate of drug-likeness (QED) is 0.752. The summed E-state index contributed by atoms with van der Waals surface area (Å²) >= 11 is 0. The highest BCUT2D eigenvalue weighted by Gasteiger charge is 2.19. The van der Waals surface area contributed by atoms with E-state index in [0.717, 1.165) is 19.3 Å². The van der Waals surface area contributed by atoms with Crippen LogP contribution in [0.4, 0.5) is 0 Å². The van der Waals surface area contributed by atoms with Crippen molar-refractivity contribution >= 4 is 11.8 Å². The minimum atomic E-state index is -0.380. The topological polar surface area (TPSA) is 76.7 Å². The van der Waals surface area contributed by atoms with E-state index in [2.05, 4.69) is 10.9 Å². The second-order valence-corrected chi connectivity index (χ2v) is 6.07. The number of rotatable bonds is 7. The molecule has 6 nitrogen and oxygen atoms in total. The van der Waals surface area contributed by atoms with Crippen molar-refractivity contribution in [2.45, 2.75) is 45.4 Å². The van der Waals surface area contributed by atoms with Gasteiger partial charge in [0.1, 0.15) is 0 Å². The van der Waals surface area contributed by atoms with Crippen LogP contribution in [0.3, 0.4) is 0 Å². The predicted octanol–water partition coefficient (Wildman–Crippen LogP) is 2.83. The largest absolute Gasteiger partial charge is 0.493 e. The number of hydrogen-bond acceptors (Lipinski definition) is 4. The average Bonchev–Trinajstić information content (AvgIpc) is 3.10. The molecule has 2 amide bonds. The van der Waals surface area contributed by atoms with Crippen LogP contribution >= 0.6 is 0 Å². The minimum absolute atomic E-state index is 0.148. The minimum Gasteiger partial charge on any atom is -0.493 e. The molecule has 1 aliphatic rings. The summed E-state index contributed by atoms with van der Waals surface area (Å²) in [6.45, 7) is 2.60. The Morgan fingerprint density at radius 2 is 1.92 bits per heavy atom. The van der Waals surface area contributed by atoms with Crippen LogP contribution in [0.25, 0.3) is 0 Å². The molecular weight excluding hydrogens is 308 g/mol. The fraction of sp³-hybridized carbons (Fsp3) is 0.556. The van der Waals surface area contributed by atoms with Crippen LogP contribution in [0.5, 0.6) is 11.5 Å². The summed E-state index contributed by atoms with van der Waals surface area (Å²) in [4.78, 5) is 24.0. The lowest BCUT2D eigenvalue weighted by molar-refractivity contribution is -0.122. The second-order valence-electron chi connectivity index (χ2n) is 6.07. The third-order valence-electron chi connectivity index (χ3n) is 4.15. The number of amides is 2. The number of benzene rings is 1. The Balaban J connectivity index is 1.87. The smallest absolute Gasteiger partial charge is 0.269 e. The molecule has 0 unspecified atom stereocenters. The lowest BCUT2D eigenvalue weighted by atomic mass is 10.0. The standard InChI is InChI=1S/C18H26N2O4/c1-3-10-24-15-9-8-14(12-16(15)23-2)18(22)20-19-17(21)11-13-6-4-5-7-13/h8-9,12-13H,3-7,10-11H2,1-2H3,(H,19,21)(H,20,22). The first-order valence-corrected chi connectivity index (χ1v) is 8.54. The van der Waals surface area contributed by atoms with Gasteiger partial charge in [-0.25, -0.2) is 0 Å². The maximum Gasteiger partial charge on any atom is 0.269 e. The monoisotopic (exact) mass is 334 g/mol. The molecule has 0 heterocycles. The van der Waals surface area contributed by atoms with Gasteiger partial charge in [-0.3, -0.25) is 20.4 Å². The van der Waals surface area contributed by atoms with E-state index in [1.54, 1.807) is 18.2 Å². The lowest BCUT2D eigenvalue weighted by Gasteiger charge is -2.13. The molecule has 0 saturated heterocycles. The van der Waals surface area contributed by atoms with E-state index in [9.17, 15) is 9.59 Å². The predicted molar refractivity (Wildman–Crippen MR) is 91.0 cm³/mol. The van der Waals surface area contributed by atoms with E-state index in [1.807, 2.05) is 6.92 Å². The summed E-state index contributed by atoms with van der Waals surface area (Å²) in [5.74, 6) is 1.01. The van der Waals surface area contributed by atoms with E-state index in [-0.39, 0.29) is 11.8 Å². The molecule has 0 spiro atoms. The maximum absolute atomic E-state index is 12.2. The third kappa shape index (κ3) is 5.15. The Morgan fingerprint density at radius 3 is 2.58 bits per heavy atom. The molecule has 1 aromatic rings. The molecule has 6 heteroatoms. The Bertz CT molecular complexity index is 568. The molecule has 1 aliphatic carbocycles. The lowest BCUT2D eigenvalue weighted by Crippen LogP contribution is -2.42. The molecule has 0 bridgehead atoms. The molecule has 0 aliphatic heterocycles. The molecule has 0 atom stereocenters. The summed E-state index contributed by atoms with van der Waals surface area (Å²) in [6, 6.07) is 4.94. The SMILES string of the molecule is CCCOc1ccc(C(=O)NNC(=O)CC2CCCC2)cc1OC. The van der Waals surface area contributed by atoms with E-state index in [0.29, 0.717) is 36.0 Å². The Morgan fingerprint density at radius 1 is 1.17 bits per heavy atom. The van der Waals surface area contributed by atoms with E-state index < -0.39 is 0 Å². The maximum atomic E-state index is 12.2. The van der Waals surface area contributed by atoms with Gasteiger partial charge in [-0.1, -0.05) is 19.8 Å². The fourth-order valence-electron chi connectivity index (χ4n) is 2.87. The number of ether oxygens (including phenoxy) is 2. The Labute approximate surface area is 142 Å². The molecule has 24 heavy (non-hydrogen) atoms. The van der Waals surface area contributed by atoms with Crippen LogP contribution in [-0.4, -0.2) is 25.5 Å². The van der Waals surface area contributed by atoms with Gasteiger partial charge in [0.2, 0.25) is 5.91 Å². The van der Waals surface area contributed by atoms with Crippen molar-refractivity contribution in [3.8, 4) is 11.5 Å². The van der Waals surface area contributed by atoms with Gasteiger partial charge in [0.15, 0.2) is 11.5 Å². The van der Waals surface area contributed by atoms with E-state index in [4.69, 9.17) is 9.47 Å². The number of carbonyl (C=O) groups excluding carboxylic acids is 2. The summed E-state index contributed by atoms with van der Waals surface area (Å²) < 4.78 is 10.8. The van der Waals surface area contributed by atoms with Crippen LogP contribution in [0.1, 0.15) is 55.8 Å². The number of carbonyl (C=O) groups is 2. The molecule has 2 N–H and O–H groups in total. The van der Waals surface area contributed by atoms with Crippen LogP contribution in [-0.2, 0) is 4.79 Å². The normalized spacial score (nSPS) is 14.2. The van der Waals surface area contributed by atoms with Crippen LogP contribution in [0, 0.1) is 5.92 Å². The molecule has 2 rings (SSSR count). The van der Waals surface area contributed by atoms with Crippen molar-refractivity contribution in [1.29, 1.82) is 0 Å². The highest BCUT2D eigenvalue weighted by Crippen LogP contribution is 2.28. The Kier molecular flexibility index (Phi) is 6.90. The summed E-state index contributed by atoms with van der Waals surface area (Å²) in [5, 5.41) is 0. The molecule has 1 fully saturated rings. The number of nitrogens with one attached hydrogen (secondary N) is 2. The zero-order valence-corrected chi connectivity index (χ0v) is 14.4. The van der Waals surface area contributed by atoms with Gasteiger partial charge < -0.3 is 9.47 Å². The molecular formula is C18H26N2O4. The molecule has 0 radical (unpaired) electrons. The van der Waals surface area contributed by atoms with Gasteiger partial charge in [0.25, 0.3) is 5.91 Å². The first kappa shape index (κ1) is 18.1. The van der Waals surface area contributed by atoms with Crippen LogP contribution < -0.4 is 20.3 Å². The van der Waals surface area contributed by atoms with Crippen LogP contribution in [0.15, 0.2) is 18.2 Å². The Hall–Kier alpha value is -2.24. The number of methoxy groups -OCH3 is 1. The van der Waals surface area contributed by atoms with E-state index in [1.165, 1.54) is 20.0 Å². The van der Waals surface area contributed by atoms with Crippen molar-refractivity contribution in [2.75, 3.05) is 13.7 Å². The zero-order chi connectivity index (χ0) is 17.4. The third-order valence-corrected chi connectivity index (χ3v) is 4.15. The van der Waals surface area contributed by atoms with Gasteiger partial charge >= 0.3 is 0 Å². The van der Waals surface area contributed by atoms with Gasteiger partial charge in [-0.05, 0) is 43.4 Å².